The van der Waals surface area contributed by atoms with E-state index < -0.39 is 0 Å². The highest BCUT2D eigenvalue weighted by molar-refractivity contribution is 5.87. The third kappa shape index (κ3) is 6.78. The van der Waals surface area contributed by atoms with Crippen molar-refractivity contribution in [2.75, 3.05) is 20.1 Å². The van der Waals surface area contributed by atoms with E-state index in [9.17, 15) is 9.59 Å². The Morgan fingerprint density at radius 2 is 1.95 bits per heavy atom. The number of carbonyl (C=O) groups is 2. The number of halogens is 1. The molecule has 0 bridgehead atoms. The van der Waals surface area contributed by atoms with Crippen LogP contribution >= 0.6 is 12.4 Å². The largest absolute Gasteiger partial charge is 0.350 e. The molecule has 1 heterocycles. The van der Waals surface area contributed by atoms with Crippen LogP contribution in [0.4, 0.5) is 0 Å². The van der Waals surface area contributed by atoms with Crippen LogP contribution in [0.5, 0.6) is 0 Å². The van der Waals surface area contributed by atoms with Gasteiger partial charge < -0.3 is 15.5 Å². The number of carbonyl (C=O) groups excluding carboxylic acids is 2. The second-order valence-corrected chi connectivity index (χ2v) is 5.99. The van der Waals surface area contributed by atoms with Gasteiger partial charge in [-0.25, -0.2) is 0 Å². The van der Waals surface area contributed by atoms with Crippen molar-refractivity contribution in [3.63, 3.8) is 0 Å². The minimum Gasteiger partial charge on any atom is -0.350 e. The maximum Gasteiger partial charge on any atom is 0.240 e. The molecular formula is C13H26ClN3O2. The van der Waals surface area contributed by atoms with Crippen LogP contribution in [0, 0.1) is 0 Å². The summed E-state index contributed by atoms with van der Waals surface area (Å²) in [5.41, 5.74) is -0.260. The van der Waals surface area contributed by atoms with Gasteiger partial charge in [-0.1, -0.05) is 6.42 Å². The Balaban J connectivity index is 0.00000324. The van der Waals surface area contributed by atoms with Gasteiger partial charge in [-0.05, 0) is 40.2 Å². The molecule has 112 valence electrons. The molecule has 1 atom stereocenters. The predicted octanol–water partition coefficient (Wildman–Crippen LogP) is 0.923. The molecule has 2 N–H and O–H groups in total. The van der Waals surface area contributed by atoms with E-state index in [-0.39, 0.29) is 42.3 Å². The molecule has 0 aromatic rings. The summed E-state index contributed by atoms with van der Waals surface area (Å²) in [7, 11) is 1.68. The molecule has 1 rings (SSSR count). The zero-order valence-electron chi connectivity index (χ0n) is 12.3. The summed E-state index contributed by atoms with van der Waals surface area (Å²) in [4.78, 5) is 25.3. The number of rotatable bonds is 3. The van der Waals surface area contributed by atoms with Gasteiger partial charge in [0.05, 0.1) is 12.6 Å². The second-order valence-electron chi connectivity index (χ2n) is 5.99. The van der Waals surface area contributed by atoms with E-state index in [0.717, 1.165) is 25.8 Å². The van der Waals surface area contributed by atoms with Gasteiger partial charge in [0, 0.05) is 12.6 Å². The molecule has 1 saturated heterocycles. The molecule has 0 unspecified atom stereocenters. The molecule has 6 heteroatoms. The van der Waals surface area contributed by atoms with Crippen molar-refractivity contribution in [1.82, 2.24) is 15.5 Å². The Hall–Kier alpha value is -0.810. The standard InChI is InChI=1S/C13H25N3O2.ClH/c1-13(2,3)15-11(17)9-16(4)12(18)10-7-5-6-8-14-10;/h10,14H,5-9H2,1-4H3,(H,15,17);1H/t10-;/m0./s1. The minimum atomic E-state index is -0.260. The van der Waals surface area contributed by atoms with E-state index in [0.29, 0.717) is 0 Å². The van der Waals surface area contributed by atoms with E-state index in [1.165, 1.54) is 4.90 Å². The van der Waals surface area contributed by atoms with E-state index in [1.54, 1.807) is 7.05 Å². The summed E-state index contributed by atoms with van der Waals surface area (Å²) >= 11 is 0. The third-order valence-electron chi connectivity index (χ3n) is 2.88. The molecule has 0 aromatic carbocycles. The van der Waals surface area contributed by atoms with Gasteiger partial charge in [0.25, 0.3) is 0 Å². The lowest BCUT2D eigenvalue weighted by Gasteiger charge is -2.28. The normalized spacial score (nSPS) is 19.3. The minimum absolute atomic E-state index is 0. The highest BCUT2D eigenvalue weighted by Crippen LogP contribution is 2.09. The van der Waals surface area contributed by atoms with Crippen LogP contribution in [0.25, 0.3) is 0 Å². The van der Waals surface area contributed by atoms with E-state index in [1.807, 2.05) is 20.8 Å². The molecule has 0 saturated carbocycles. The molecule has 0 spiro atoms. The first kappa shape index (κ1) is 18.2. The first-order chi connectivity index (χ1) is 8.29. The van der Waals surface area contributed by atoms with Gasteiger partial charge in [-0.2, -0.15) is 0 Å². The Morgan fingerprint density at radius 1 is 1.32 bits per heavy atom. The van der Waals surface area contributed by atoms with Crippen molar-refractivity contribution in [3.05, 3.63) is 0 Å². The fourth-order valence-electron chi connectivity index (χ4n) is 2.08. The predicted molar refractivity (Wildman–Crippen MR) is 78.4 cm³/mol. The average Bonchev–Trinajstić information content (AvgIpc) is 2.26. The lowest BCUT2D eigenvalue weighted by Crippen LogP contribution is -2.51. The number of piperidine rings is 1. The average molecular weight is 292 g/mol. The summed E-state index contributed by atoms with van der Waals surface area (Å²) in [6.45, 7) is 6.78. The fourth-order valence-corrected chi connectivity index (χ4v) is 2.08. The quantitative estimate of drug-likeness (QED) is 0.813. The van der Waals surface area contributed by atoms with Crippen LogP contribution in [-0.4, -0.2) is 48.4 Å². The first-order valence-electron chi connectivity index (χ1n) is 6.59. The molecular weight excluding hydrogens is 266 g/mol. The Morgan fingerprint density at radius 3 is 2.42 bits per heavy atom. The van der Waals surface area contributed by atoms with Crippen LogP contribution in [0.15, 0.2) is 0 Å². The molecule has 0 aromatic heterocycles. The van der Waals surface area contributed by atoms with Gasteiger partial charge >= 0.3 is 0 Å². The lowest BCUT2D eigenvalue weighted by atomic mass is 10.0. The number of hydrogen-bond donors (Lipinski definition) is 2. The van der Waals surface area contributed by atoms with E-state index >= 15 is 0 Å². The van der Waals surface area contributed by atoms with Crippen LogP contribution in [0.2, 0.25) is 0 Å². The van der Waals surface area contributed by atoms with Crippen molar-refractivity contribution >= 4 is 24.2 Å². The smallest absolute Gasteiger partial charge is 0.240 e. The molecule has 1 fully saturated rings. The summed E-state index contributed by atoms with van der Waals surface area (Å²) in [5.74, 6) is -0.104. The van der Waals surface area contributed by atoms with Crippen LogP contribution in [0.3, 0.4) is 0 Å². The van der Waals surface area contributed by atoms with Crippen LogP contribution < -0.4 is 10.6 Å². The number of nitrogens with zero attached hydrogens (tertiary/aromatic N) is 1. The first-order valence-corrected chi connectivity index (χ1v) is 6.59. The Labute approximate surface area is 121 Å². The summed E-state index contributed by atoms with van der Waals surface area (Å²) < 4.78 is 0. The molecule has 19 heavy (non-hydrogen) atoms. The highest BCUT2D eigenvalue weighted by atomic mass is 35.5. The topological polar surface area (TPSA) is 61.4 Å². The van der Waals surface area contributed by atoms with Gasteiger partial charge in [-0.3, -0.25) is 9.59 Å². The van der Waals surface area contributed by atoms with Gasteiger partial charge in [-0.15, -0.1) is 12.4 Å². The van der Waals surface area contributed by atoms with Crippen LogP contribution in [-0.2, 0) is 9.59 Å². The zero-order chi connectivity index (χ0) is 13.8. The van der Waals surface area contributed by atoms with Gasteiger partial charge in [0.2, 0.25) is 11.8 Å². The lowest BCUT2D eigenvalue weighted by molar-refractivity contribution is -0.137. The maximum atomic E-state index is 12.1. The van der Waals surface area contributed by atoms with E-state index in [2.05, 4.69) is 10.6 Å². The van der Waals surface area contributed by atoms with Crippen molar-refractivity contribution < 1.29 is 9.59 Å². The van der Waals surface area contributed by atoms with Crippen molar-refractivity contribution in [2.45, 2.75) is 51.6 Å². The zero-order valence-corrected chi connectivity index (χ0v) is 13.1. The molecule has 0 aliphatic carbocycles. The fraction of sp³-hybridized carbons (Fsp3) is 0.846. The second kappa shape index (κ2) is 7.70. The summed E-state index contributed by atoms with van der Waals surface area (Å²) in [6, 6.07) is -0.119. The van der Waals surface area contributed by atoms with Gasteiger partial charge in [0.15, 0.2) is 0 Å². The maximum absolute atomic E-state index is 12.1. The molecule has 1 aliphatic rings. The number of likely N-dealkylation sites (N-methyl/N-ethyl adjacent to an activating group) is 1. The molecule has 0 radical (unpaired) electrons. The number of amides is 2. The van der Waals surface area contributed by atoms with Crippen molar-refractivity contribution in [1.29, 1.82) is 0 Å². The Bertz CT molecular complexity index is 310. The molecule has 5 nitrogen and oxygen atoms in total. The van der Waals surface area contributed by atoms with Crippen LogP contribution in [0.1, 0.15) is 40.0 Å². The number of nitrogens with one attached hydrogen (secondary N) is 2. The van der Waals surface area contributed by atoms with Crippen molar-refractivity contribution in [2.24, 2.45) is 0 Å². The monoisotopic (exact) mass is 291 g/mol. The SMILES string of the molecule is CN(CC(=O)NC(C)(C)C)C(=O)[C@@H]1CCCCN1.Cl. The van der Waals surface area contributed by atoms with E-state index in [4.69, 9.17) is 0 Å². The number of hydrogen-bond acceptors (Lipinski definition) is 3. The third-order valence-corrected chi connectivity index (χ3v) is 2.88. The van der Waals surface area contributed by atoms with Crippen molar-refractivity contribution in [3.8, 4) is 0 Å². The molecule has 1 aliphatic heterocycles. The summed E-state index contributed by atoms with van der Waals surface area (Å²) in [6.07, 6.45) is 3.06. The Kier molecular flexibility index (Phi) is 7.37. The summed E-state index contributed by atoms with van der Waals surface area (Å²) in [5, 5.41) is 6.05. The van der Waals surface area contributed by atoms with Gasteiger partial charge in [0.1, 0.15) is 0 Å². The molecule has 2 amide bonds. The highest BCUT2D eigenvalue weighted by Gasteiger charge is 2.25.